The van der Waals surface area contributed by atoms with E-state index in [4.69, 9.17) is 5.73 Å². The van der Waals surface area contributed by atoms with Gasteiger partial charge in [0, 0.05) is 30.7 Å². The predicted octanol–water partition coefficient (Wildman–Crippen LogP) is 1.97. The summed E-state index contributed by atoms with van der Waals surface area (Å²) in [5, 5.41) is 2.72. The first kappa shape index (κ1) is 13.6. The standard InChI is InChI=1S/C12H16BrN3O/c1-8(13)7-15-12(17)9-4-5-11(16(2)3)10(14)6-9/h4-6H,1,7,14H2,2-3H3,(H,15,17). The molecule has 0 aliphatic heterocycles. The molecule has 1 aromatic carbocycles. The summed E-state index contributed by atoms with van der Waals surface area (Å²) in [6.45, 7) is 4.04. The topological polar surface area (TPSA) is 58.4 Å². The highest BCUT2D eigenvalue weighted by atomic mass is 79.9. The predicted molar refractivity (Wildman–Crippen MR) is 75.6 cm³/mol. The summed E-state index contributed by atoms with van der Waals surface area (Å²) in [7, 11) is 3.81. The van der Waals surface area contributed by atoms with Crippen LogP contribution in [-0.4, -0.2) is 26.5 Å². The molecule has 4 nitrogen and oxygen atoms in total. The lowest BCUT2D eigenvalue weighted by atomic mass is 10.1. The summed E-state index contributed by atoms with van der Waals surface area (Å²) < 4.78 is 0.726. The first-order valence-corrected chi connectivity index (χ1v) is 5.89. The van der Waals surface area contributed by atoms with Gasteiger partial charge in [-0.05, 0) is 18.2 Å². The van der Waals surface area contributed by atoms with Crippen LogP contribution in [0.15, 0.2) is 29.3 Å². The van der Waals surface area contributed by atoms with Gasteiger partial charge in [-0.1, -0.05) is 22.5 Å². The minimum absolute atomic E-state index is 0.164. The van der Waals surface area contributed by atoms with E-state index >= 15 is 0 Å². The molecule has 0 saturated heterocycles. The second kappa shape index (κ2) is 5.72. The lowest BCUT2D eigenvalue weighted by Crippen LogP contribution is -2.24. The molecule has 1 aromatic rings. The molecular formula is C12H16BrN3O. The van der Waals surface area contributed by atoms with Crippen LogP contribution in [0.4, 0.5) is 11.4 Å². The number of nitrogen functional groups attached to an aromatic ring is 1. The number of nitrogens with zero attached hydrogens (tertiary/aromatic N) is 1. The van der Waals surface area contributed by atoms with Crippen LogP contribution in [0.2, 0.25) is 0 Å². The fourth-order valence-electron chi connectivity index (χ4n) is 1.38. The first-order valence-electron chi connectivity index (χ1n) is 5.10. The fraction of sp³-hybridized carbons (Fsp3) is 0.250. The Morgan fingerprint density at radius 1 is 1.53 bits per heavy atom. The molecule has 92 valence electrons. The number of rotatable bonds is 4. The molecule has 0 heterocycles. The van der Waals surface area contributed by atoms with E-state index in [1.807, 2.05) is 25.1 Å². The zero-order valence-corrected chi connectivity index (χ0v) is 11.5. The molecule has 17 heavy (non-hydrogen) atoms. The number of hydrogen-bond donors (Lipinski definition) is 2. The number of benzene rings is 1. The van der Waals surface area contributed by atoms with Crippen molar-refractivity contribution in [3.63, 3.8) is 0 Å². The summed E-state index contributed by atoms with van der Waals surface area (Å²) in [6, 6.07) is 5.24. The van der Waals surface area contributed by atoms with Crippen LogP contribution in [0.3, 0.4) is 0 Å². The Hall–Kier alpha value is -1.49. The number of carbonyl (C=O) groups excluding carboxylic acids is 1. The summed E-state index contributed by atoms with van der Waals surface area (Å²) >= 11 is 3.18. The van der Waals surface area contributed by atoms with Crippen molar-refractivity contribution in [2.75, 3.05) is 31.3 Å². The Kier molecular flexibility index (Phi) is 4.57. The van der Waals surface area contributed by atoms with Crippen molar-refractivity contribution >= 4 is 33.2 Å². The molecule has 0 saturated carbocycles. The molecular weight excluding hydrogens is 282 g/mol. The lowest BCUT2D eigenvalue weighted by molar-refractivity contribution is 0.0958. The Morgan fingerprint density at radius 2 is 2.18 bits per heavy atom. The number of amides is 1. The van der Waals surface area contributed by atoms with Crippen molar-refractivity contribution in [3.05, 3.63) is 34.8 Å². The normalized spacial score (nSPS) is 9.82. The number of hydrogen-bond acceptors (Lipinski definition) is 3. The molecule has 0 unspecified atom stereocenters. The van der Waals surface area contributed by atoms with E-state index < -0.39 is 0 Å². The van der Waals surface area contributed by atoms with Gasteiger partial charge in [-0.15, -0.1) is 0 Å². The number of nitrogens with two attached hydrogens (primary N) is 1. The highest BCUT2D eigenvalue weighted by molar-refractivity contribution is 9.11. The average molecular weight is 298 g/mol. The van der Waals surface area contributed by atoms with Crippen molar-refractivity contribution in [3.8, 4) is 0 Å². The first-order chi connectivity index (χ1) is 7.91. The molecule has 0 aromatic heterocycles. The molecule has 0 aliphatic rings. The van der Waals surface area contributed by atoms with Gasteiger partial charge >= 0.3 is 0 Å². The molecule has 0 spiro atoms. The van der Waals surface area contributed by atoms with Gasteiger partial charge in [-0.3, -0.25) is 4.79 Å². The number of halogens is 1. The minimum atomic E-state index is -0.164. The zero-order chi connectivity index (χ0) is 13.0. The maximum atomic E-state index is 11.7. The fourth-order valence-corrected chi connectivity index (χ4v) is 1.52. The molecule has 0 radical (unpaired) electrons. The van der Waals surface area contributed by atoms with Gasteiger partial charge in [0.2, 0.25) is 0 Å². The van der Waals surface area contributed by atoms with E-state index in [9.17, 15) is 4.79 Å². The molecule has 0 fully saturated rings. The third-order valence-corrected chi connectivity index (χ3v) is 2.49. The molecule has 1 amide bonds. The largest absolute Gasteiger partial charge is 0.397 e. The lowest BCUT2D eigenvalue weighted by Gasteiger charge is -2.15. The van der Waals surface area contributed by atoms with E-state index in [2.05, 4.69) is 27.8 Å². The van der Waals surface area contributed by atoms with E-state index in [-0.39, 0.29) is 5.91 Å². The van der Waals surface area contributed by atoms with Gasteiger partial charge < -0.3 is 16.0 Å². The Balaban J connectivity index is 2.83. The maximum Gasteiger partial charge on any atom is 0.251 e. The second-order valence-corrected chi connectivity index (χ2v) is 4.99. The van der Waals surface area contributed by atoms with Gasteiger partial charge in [-0.2, -0.15) is 0 Å². The number of carbonyl (C=O) groups is 1. The van der Waals surface area contributed by atoms with Gasteiger partial charge in [0.25, 0.3) is 5.91 Å². The highest BCUT2D eigenvalue weighted by Gasteiger charge is 2.08. The molecule has 3 N–H and O–H groups in total. The van der Waals surface area contributed by atoms with Gasteiger partial charge in [0.15, 0.2) is 0 Å². The maximum absolute atomic E-state index is 11.7. The van der Waals surface area contributed by atoms with E-state index in [0.717, 1.165) is 10.2 Å². The number of anilines is 2. The van der Waals surface area contributed by atoms with Crippen LogP contribution in [0.25, 0.3) is 0 Å². The zero-order valence-electron chi connectivity index (χ0n) is 9.96. The van der Waals surface area contributed by atoms with E-state index in [1.165, 1.54) is 0 Å². The van der Waals surface area contributed by atoms with Crippen LogP contribution in [0, 0.1) is 0 Å². The average Bonchev–Trinajstić information content (AvgIpc) is 2.25. The number of nitrogens with one attached hydrogen (secondary N) is 1. The Bertz CT molecular complexity index is 443. The Labute approximate surface area is 110 Å². The molecule has 1 rings (SSSR count). The quantitative estimate of drug-likeness (QED) is 0.836. The van der Waals surface area contributed by atoms with Crippen molar-refractivity contribution < 1.29 is 4.79 Å². The van der Waals surface area contributed by atoms with Crippen molar-refractivity contribution in [2.45, 2.75) is 0 Å². The van der Waals surface area contributed by atoms with E-state index in [0.29, 0.717) is 17.8 Å². The SMILES string of the molecule is C=C(Br)CNC(=O)c1ccc(N(C)C)c(N)c1. The highest BCUT2D eigenvalue weighted by Crippen LogP contribution is 2.22. The van der Waals surface area contributed by atoms with Gasteiger partial charge in [0.1, 0.15) is 0 Å². The van der Waals surface area contributed by atoms with Crippen LogP contribution in [0.1, 0.15) is 10.4 Å². The van der Waals surface area contributed by atoms with Crippen molar-refractivity contribution in [2.24, 2.45) is 0 Å². The summed E-state index contributed by atoms with van der Waals surface area (Å²) in [5.41, 5.74) is 7.89. The Morgan fingerprint density at radius 3 is 2.65 bits per heavy atom. The molecule has 5 heteroatoms. The molecule has 0 bridgehead atoms. The monoisotopic (exact) mass is 297 g/mol. The third kappa shape index (κ3) is 3.78. The summed E-state index contributed by atoms with van der Waals surface area (Å²) in [5.74, 6) is -0.164. The van der Waals surface area contributed by atoms with Gasteiger partial charge in [-0.25, -0.2) is 0 Å². The van der Waals surface area contributed by atoms with Crippen LogP contribution >= 0.6 is 15.9 Å². The third-order valence-electron chi connectivity index (χ3n) is 2.21. The summed E-state index contributed by atoms with van der Waals surface area (Å²) in [4.78, 5) is 13.6. The smallest absolute Gasteiger partial charge is 0.251 e. The minimum Gasteiger partial charge on any atom is -0.397 e. The molecule has 0 aliphatic carbocycles. The molecule has 0 atom stereocenters. The van der Waals surface area contributed by atoms with Crippen LogP contribution in [0.5, 0.6) is 0 Å². The second-order valence-electron chi connectivity index (χ2n) is 3.87. The van der Waals surface area contributed by atoms with Crippen LogP contribution in [-0.2, 0) is 0 Å². The van der Waals surface area contributed by atoms with Crippen LogP contribution < -0.4 is 16.0 Å². The van der Waals surface area contributed by atoms with Gasteiger partial charge in [0.05, 0.1) is 11.4 Å². The van der Waals surface area contributed by atoms with Crippen molar-refractivity contribution in [1.82, 2.24) is 5.32 Å². The van der Waals surface area contributed by atoms with E-state index in [1.54, 1.807) is 12.1 Å². The summed E-state index contributed by atoms with van der Waals surface area (Å²) in [6.07, 6.45) is 0. The van der Waals surface area contributed by atoms with Crippen molar-refractivity contribution in [1.29, 1.82) is 0 Å².